The smallest absolute Gasteiger partial charge is 0.504 e. The highest BCUT2D eigenvalue weighted by Crippen LogP contribution is 2.46. The largest absolute Gasteiger partial charge is 0.511 e. The van der Waals surface area contributed by atoms with Crippen molar-refractivity contribution in [3.8, 4) is 17.2 Å². The third-order valence-corrected chi connectivity index (χ3v) is 5.19. The zero-order valence-corrected chi connectivity index (χ0v) is 18.1. The Morgan fingerprint density at radius 2 is 1.21 bits per heavy atom. The van der Waals surface area contributed by atoms with Gasteiger partial charge in [0.1, 0.15) is 0 Å². The van der Waals surface area contributed by atoms with E-state index >= 15 is 0 Å². The van der Waals surface area contributed by atoms with Crippen LogP contribution in [-0.4, -0.2) is 23.5 Å². The first-order valence-corrected chi connectivity index (χ1v) is 10.9. The predicted molar refractivity (Wildman–Crippen MR) is 113 cm³/mol. The maximum Gasteiger partial charge on any atom is 0.511 e. The lowest BCUT2D eigenvalue weighted by atomic mass is 9.88. The molecule has 2 N–H and O–H groups in total. The molecule has 0 spiro atoms. The fraction of sp³-hybridized carbons (Fsp3) is 0.696. The summed E-state index contributed by atoms with van der Waals surface area (Å²) in [7, 11) is 1.51. The van der Waals surface area contributed by atoms with Crippen LogP contribution < -0.4 is 9.47 Å². The van der Waals surface area contributed by atoms with Crippen molar-refractivity contribution in [1.29, 1.82) is 0 Å². The number of benzene rings is 1. The molecule has 0 radical (unpaired) electrons. The summed E-state index contributed by atoms with van der Waals surface area (Å²) in [5.74, 6) is 0.259. The van der Waals surface area contributed by atoms with Crippen molar-refractivity contribution in [2.45, 2.75) is 97.8 Å². The fourth-order valence-electron chi connectivity index (χ4n) is 3.73. The van der Waals surface area contributed by atoms with Crippen molar-refractivity contribution >= 4 is 6.16 Å². The van der Waals surface area contributed by atoms with Gasteiger partial charge in [-0.1, -0.05) is 59.3 Å². The number of hydrogen-bond donors (Lipinski definition) is 2. The van der Waals surface area contributed by atoms with Crippen LogP contribution in [0.2, 0.25) is 0 Å². The van der Waals surface area contributed by atoms with Crippen LogP contribution in [0.5, 0.6) is 17.2 Å². The second-order valence-corrected chi connectivity index (χ2v) is 7.39. The molecule has 160 valence electrons. The summed E-state index contributed by atoms with van der Waals surface area (Å²) >= 11 is 0. The highest BCUT2D eigenvalue weighted by Gasteiger charge is 2.26. The Morgan fingerprint density at radius 3 is 1.64 bits per heavy atom. The van der Waals surface area contributed by atoms with Gasteiger partial charge in [0.05, 0.1) is 7.11 Å². The molecule has 0 fully saturated rings. The Labute approximate surface area is 170 Å². The first kappa shape index (κ1) is 24.1. The summed E-state index contributed by atoms with van der Waals surface area (Å²) in [6.45, 7) is 6.47. The third-order valence-electron chi connectivity index (χ3n) is 5.19. The Balaban J connectivity index is 3.51. The Kier molecular flexibility index (Phi) is 11.5. The number of unbranched alkanes of at least 4 members (excludes halogenated alkanes) is 6. The van der Waals surface area contributed by atoms with Crippen molar-refractivity contribution in [2.75, 3.05) is 7.11 Å². The number of rotatable bonds is 14. The third kappa shape index (κ3) is 6.92. The molecule has 1 aromatic carbocycles. The lowest BCUT2D eigenvalue weighted by Crippen LogP contribution is -2.11. The number of hydrogen-bond acceptors (Lipinski definition) is 4. The topological polar surface area (TPSA) is 76.0 Å². The van der Waals surface area contributed by atoms with E-state index in [9.17, 15) is 15.0 Å². The molecule has 0 heterocycles. The van der Waals surface area contributed by atoms with Gasteiger partial charge in [0.25, 0.3) is 0 Å². The fourth-order valence-corrected chi connectivity index (χ4v) is 3.73. The van der Waals surface area contributed by atoms with E-state index in [0.717, 1.165) is 93.7 Å². The Bertz CT molecular complexity index is 610. The molecule has 0 aliphatic rings. The molecule has 0 aliphatic carbocycles. The van der Waals surface area contributed by atoms with Crippen LogP contribution in [0, 0.1) is 0 Å². The molecule has 0 aromatic heterocycles. The summed E-state index contributed by atoms with van der Waals surface area (Å²) in [5.41, 5.74) is 2.98. The standard InChI is InChI=1S/C23H38O5/c1-5-8-11-14-17-18(15-12-9-6-2)20(24)22(28-23(25)26)21(27-4)19(17)16-13-10-7-3/h24H,5-16H2,1-4H3,(H,25,26). The maximum atomic E-state index is 11.2. The monoisotopic (exact) mass is 394 g/mol. The number of phenols is 1. The molecule has 0 amide bonds. The number of phenolic OH excluding ortho intramolecular Hbond substituents is 1. The van der Waals surface area contributed by atoms with Crippen LogP contribution in [0.25, 0.3) is 0 Å². The molecule has 0 unspecified atom stereocenters. The number of ether oxygens (including phenoxy) is 2. The van der Waals surface area contributed by atoms with Gasteiger partial charge in [-0.05, 0) is 44.1 Å². The summed E-state index contributed by atoms with van der Waals surface area (Å²) in [6.07, 6.45) is 10.6. The number of aromatic hydroxyl groups is 1. The molecule has 0 bridgehead atoms. The van der Waals surface area contributed by atoms with Crippen LogP contribution >= 0.6 is 0 Å². The Hall–Kier alpha value is -1.91. The molecule has 5 nitrogen and oxygen atoms in total. The number of carbonyl (C=O) groups is 1. The van der Waals surface area contributed by atoms with Gasteiger partial charge in [-0.15, -0.1) is 0 Å². The molecule has 28 heavy (non-hydrogen) atoms. The zero-order chi connectivity index (χ0) is 20.9. The SMILES string of the molecule is CCCCCc1c(O)c(OC(=O)O)c(OC)c(CCCCC)c1CCCCC. The van der Waals surface area contributed by atoms with Gasteiger partial charge in [0, 0.05) is 11.1 Å². The minimum Gasteiger partial charge on any atom is -0.504 e. The summed E-state index contributed by atoms with van der Waals surface area (Å²) in [4.78, 5) is 11.2. The van der Waals surface area contributed by atoms with Gasteiger partial charge in [0.15, 0.2) is 11.5 Å². The molecule has 0 saturated carbocycles. The molecule has 1 aromatic rings. The van der Waals surface area contributed by atoms with Gasteiger partial charge in [0.2, 0.25) is 5.75 Å². The predicted octanol–water partition coefficient (Wildman–Crippen LogP) is 6.66. The van der Waals surface area contributed by atoms with E-state index in [0.29, 0.717) is 5.75 Å². The minimum absolute atomic E-state index is 0.0489. The normalized spacial score (nSPS) is 10.9. The van der Waals surface area contributed by atoms with Crippen molar-refractivity contribution in [1.82, 2.24) is 0 Å². The van der Waals surface area contributed by atoms with E-state index in [4.69, 9.17) is 9.47 Å². The quantitative estimate of drug-likeness (QED) is 0.210. The first-order valence-electron chi connectivity index (χ1n) is 10.9. The van der Waals surface area contributed by atoms with Crippen LogP contribution in [0.4, 0.5) is 4.79 Å². The van der Waals surface area contributed by atoms with E-state index < -0.39 is 6.16 Å². The molecule has 1 rings (SSSR count). The van der Waals surface area contributed by atoms with Crippen LogP contribution in [0.15, 0.2) is 0 Å². The van der Waals surface area contributed by atoms with Crippen LogP contribution in [0.1, 0.15) is 95.2 Å². The summed E-state index contributed by atoms with van der Waals surface area (Å²) in [5, 5.41) is 20.1. The first-order chi connectivity index (χ1) is 13.5. The van der Waals surface area contributed by atoms with Crippen molar-refractivity contribution in [3.05, 3.63) is 16.7 Å². The second kappa shape index (κ2) is 13.3. The molecule has 0 aliphatic heterocycles. The average molecular weight is 395 g/mol. The van der Waals surface area contributed by atoms with Gasteiger partial charge in [-0.2, -0.15) is 0 Å². The number of methoxy groups -OCH3 is 1. The van der Waals surface area contributed by atoms with Crippen molar-refractivity contribution in [3.63, 3.8) is 0 Å². The highest BCUT2D eigenvalue weighted by molar-refractivity contribution is 5.70. The molecule has 5 heteroatoms. The van der Waals surface area contributed by atoms with Crippen molar-refractivity contribution < 1.29 is 24.5 Å². The molecule has 0 atom stereocenters. The van der Waals surface area contributed by atoms with Gasteiger partial charge < -0.3 is 19.7 Å². The van der Waals surface area contributed by atoms with Crippen molar-refractivity contribution in [2.24, 2.45) is 0 Å². The van der Waals surface area contributed by atoms with Crippen LogP contribution in [-0.2, 0) is 19.3 Å². The summed E-state index contributed by atoms with van der Waals surface area (Å²) < 4.78 is 10.6. The molecular weight excluding hydrogens is 356 g/mol. The highest BCUT2D eigenvalue weighted by atomic mass is 16.7. The minimum atomic E-state index is -1.44. The van der Waals surface area contributed by atoms with Gasteiger partial charge >= 0.3 is 6.16 Å². The Morgan fingerprint density at radius 1 is 0.750 bits per heavy atom. The number of carboxylic acid groups (broad SMARTS) is 1. The van der Waals surface area contributed by atoms with E-state index in [1.54, 1.807) is 0 Å². The van der Waals surface area contributed by atoms with Gasteiger partial charge in [-0.25, -0.2) is 4.79 Å². The second-order valence-electron chi connectivity index (χ2n) is 7.39. The molecular formula is C23H38O5. The molecule has 0 saturated heterocycles. The van der Waals surface area contributed by atoms with E-state index in [2.05, 4.69) is 20.8 Å². The van der Waals surface area contributed by atoms with E-state index in [1.165, 1.54) is 7.11 Å². The summed E-state index contributed by atoms with van der Waals surface area (Å²) in [6, 6.07) is 0. The zero-order valence-electron chi connectivity index (χ0n) is 18.1. The lowest BCUT2D eigenvalue weighted by Gasteiger charge is -2.22. The van der Waals surface area contributed by atoms with E-state index in [1.807, 2.05) is 0 Å². The van der Waals surface area contributed by atoms with Crippen LogP contribution in [0.3, 0.4) is 0 Å². The van der Waals surface area contributed by atoms with E-state index in [-0.39, 0.29) is 11.5 Å². The average Bonchev–Trinajstić information content (AvgIpc) is 2.66. The lowest BCUT2D eigenvalue weighted by molar-refractivity contribution is 0.141. The van der Waals surface area contributed by atoms with Gasteiger partial charge in [-0.3, -0.25) is 0 Å². The maximum absolute atomic E-state index is 11.2.